The SMILES string of the molecule is CN1CCC(NC2CCOC3(CCCCC3)C2)C1=O. The van der Waals surface area contributed by atoms with Gasteiger partial charge in [-0.1, -0.05) is 19.3 Å². The van der Waals surface area contributed by atoms with Crippen LogP contribution in [0.4, 0.5) is 0 Å². The van der Waals surface area contributed by atoms with Gasteiger partial charge in [0.15, 0.2) is 0 Å². The van der Waals surface area contributed by atoms with E-state index in [9.17, 15) is 4.79 Å². The Morgan fingerprint density at radius 1 is 1.26 bits per heavy atom. The Kier molecular flexibility index (Phi) is 3.81. The molecule has 2 heterocycles. The Balaban J connectivity index is 1.58. The van der Waals surface area contributed by atoms with E-state index in [2.05, 4.69) is 5.32 Å². The average Bonchev–Trinajstić information content (AvgIpc) is 2.72. The van der Waals surface area contributed by atoms with Gasteiger partial charge in [0.25, 0.3) is 0 Å². The fourth-order valence-corrected chi connectivity index (χ4v) is 3.98. The van der Waals surface area contributed by atoms with Crippen molar-refractivity contribution in [2.75, 3.05) is 20.2 Å². The highest BCUT2D eigenvalue weighted by Gasteiger charge is 2.40. The van der Waals surface area contributed by atoms with Crippen LogP contribution in [0.2, 0.25) is 0 Å². The van der Waals surface area contributed by atoms with E-state index < -0.39 is 0 Å². The molecule has 0 aromatic heterocycles. The molecule has 2 saturated heterocycles. The second-order valence-electron chi connectivity index (χ2n) is 6.55. The number of nitrogens with one attached hydrogen (secondary N) is 1. The Morgan fingerprint density at radius 3 is 2.74 bits per heavy atom. The van der Waals surface area contributed by atoms with Crippen molar-refractivity contribution in [2.24, 2.45) is 0 Å². The second-order valence-corrected chi connectivity index (χ2v) is 6.55. The predicted octanol–water partition coefficient (Wildman–Crippen LogP) is 1.69. The van der Waals surface area contributed by atoms with Gasteiger partial charge < -0.3 is 15.0 Å². The molecule has 3 fully saturated rings. The molecule has 0 aromatic carbocycles. The summed E-state index contributed by atoms with van der Waals surface area (Å²) in [5.74, 6) is 0.268. The number of amides is 1. The lowest BCUT2D eigenvalue weighted by molar-refractivity contribution is -0.130. The largest absolute Gasteiger partial charge is 0.375 e. The normalized spacial score (nSPS) is 35.0. The van der Waals surface area contributed by atoms with Gasteiger partial charge in [-0.3, -0.25) is 4.79 Å². The number of nitrogens with zero attached hydrogens (tertiary/aromatic N) is 1. The Bertz CT molecular complexity index is 334. The maximum atomic E-state index is 12.0. The van der Waals surface area contributed by atoms with Gasteiger partial charge in [-0.05, 0) is 32.1 Å². The van der Waals surface area contributed by atoms with Crippen molar-refractivity contribution < 1.29 is 9.53 Å². The zero-order valence-corrected chi connectivity index (χ0v) is 12.0. The van der Waals surface area contributed by atoms with Crippen LogP contribution < -0.4 is 5.32 Å². The third-order valence-corrected chi connectivity index (χ3v) is 5.12. The molecule has 0 aromatic rings. The zero-order valence-electron chi connectivity index (χ0n) is 12.0. The highest BCUT2D eigenvalue weighted by atomic mass is 16.5. The molecule has 2 unspecified atom stereocenters. The molecule has 1 spiro atoms. The number of hydrogen-bond acceptors (Lipinski definition) is 3. The molecule has 108 valence electrons. The van der Waals surface area contributed by atoms with E-state index in [-0.39, 0.29) is 17.6 Å². The fraction of sp³-hybridized carbons (Fsp3) is 0.933. The van der Waals surface area contributed by atoms with Crippen molar-refractivity contribution in [1.82, 2.24) is 10.2 Å². The summed E-state index contributed by atoms with van der Waals surface area (Å²) in [5.41, 5.74) is 0.127. The maximum Gasteiger partial charge on any atom is 0.239 e. The number of ether oxygens (including phenoxy) is 1. The van der Waals surface area contributed by atoms with Crippen LogP contribution in [0.3, 0.4) is 0 Å². The maximum absolute atomic E-state index is 12.0. The fourth-order valence-electron chi connectivity index (χ4n) is 3.98. The molecule has 2 atom stereocenters. The van der Waals surface area contributed by atoms with Crippen LogP contribution in [0.15, 0.2) is 0 Å². The van der Waals surface area contributed by atoms with E-state index in [1.54, 1.807) is 0 Å². The molecular weight excluding hydrogens is 240 g/mol. The first-order valence-corrected chi connectivity index (χ1v) is 7.84. The molecule has 1 aliphatic carbocycles. The number of rotatable bonds is 2. The molecule has 1 N–H and O–H groups in total. The topological polar surface area (TPSA) is 41.6 Å². The van der Waals surface area contributed by atoms with E-state index in [1.165, 1.54) is 32.1 Å². The minimum Gasteiger partial charge on any atom is -0.375 e. The summed E-state index contributed by atoms with van der Waals surface area (Å²) in [6, 6.07) is 0.515. The molecule has 4 heteroatoms. The summed E-state index contributed by atoms with van der Waals surface area (Å²) < 4.78 is 6.11. The summed E-state index contributed by atoms with van der Waals surface area (Å²) in [5, 5.41) is 3.60. The second kappa shape index (κ2) is 5.41. The highest BCUT2D eigenvalue weighted by Crippen LogP contribution is 2.38. The van der Waals surface area contributed by atoms with Crippen LogP contribution in [-0.2, 0) is 9.53 Å². The minimum atomic E-state index is 0.0498. The number of hydrogen-bond donors (Lipinski definition) is 1. The van der Waals surface area contributed by atoms with Crippen molar-refractivity contribution >= 4 is 5.91 Å². The van der Waals surface area contributed by atoms with Crippen LogP contribution in [0, 0.1) is 0 Å². The van der Waals surface area contributed by atoms with Gasteiger partial charge in [-0.25, -0.2) is 0 Å². The summed E-state index contributed by atoms with van der Waals surface area (Å²) >= 11 is 0. The Hall–Kier alpha value is -0.610. The first-order chi connectivity index (χ1) is 9.19. The van der Waals surface area contributed by atoms with Crippen molar-refractivity contribution in [2.45, 2.75) is 69.1 Å². The van der Waals surface area contributed by atoms with E-state index in [4.69, 9.17) is 4.74 Å². The highest BCUT2D eigenvalue weighted by molar-refractivity contribution is 5.83. The molecule has 2 aliphatic heterocycles. The molecular formula is C15H26N2O2. The van der Waals surface area contributed by atoms with E-state index in [0.717, 1.165) is 32.4 Å². The van der Waals surface area contributed by atoms with Crippen LogP contribution in [0.1, 0.15) is 51.4 Å². The van der Waals surface area contributed by atoms with Crippen molar-refractivity contribution in [3.8, 4) is 0 Å². The molecule has 1 amide bonds. The van der Waals surface area contributed by atoms with Gasteiger partial charge in [-0.15, -0.1) is 0 Å². The number of carbonyl (C=O) groups is 1. The standard InChI is InChI=1S/C15H26N2O2/c1-17-9-5-13(14(17)18)16-12-6-10-19-15(11-12)7-3-2-4-8-15/h12-13,16H,2-11H2,1H3. The third-order valence-electron chi connectivity index (χ3n) is 5.12. The van der Waals surface area contributed by atoms with Crippen molar-refractivity contribution in [3.63, 3.8) is 0 Å². The van der Waals surface area contributed by atoms with Gasteiger partial charge in [-0.2, -0.15) is 0 Å². The zero-order chi connectivity index (χ0) is 13.3. The van der Waals surface area contributed by atoms with Crippen molar-refractivity contribution in [1.29, 1.82) is 0 Å². The third kappa shape index (κ3) is 2.79. The summed E-state index contributed by atoms with van der Waals surface area (Å²) in [4.78, 5) is 13.8. The van der Waals surface area contributed by atoms with Crippen LogP contribution >= 0.6 is 0 Å². The number of likely N-dealkylation sites (N-methyl/N-ethyl adjacent to an activating group) is 1. The average molecular weight is 266 g/mol. The summed E-state index contributed by atoms with van der Waals surface area (Å²) in [6.45, 7) is 1.75. The summed E-state index contributed by atoms with van der Waals surface area (Å²) in [6.07, 6.45) is 9.49. The van der Waals surface area contributed by atoms with Gasteiger partial charge in [0.1, 0.15) is 0 Å². The van der Waals surface area contributed by atoms with Crippen molar-refractivity contribution in [3.05, 3.63) is 0 Å². The van der Waals surface area contributed by atoms with Gasteiger partial charge in [0, 0.05) is 26.2 Å². The molecule has 3 rings (SSSR count). The Labute approximate surface area is 115 Å². The molecule has 3 aliphatic rings. The summed E-state index contributed by atoms with van der Waals surface area (Å²) in [7, 11) is 1.90. The molecule has 1 saturated carbocycles. The van der Waals surface area contributed by atoms with E-state index >= 15 is 0 Å². The first kappa shape index (κ1) is 13.4. The van der Waals surface area contributed by atoms with Crippen LogP contribution in [0.5, 0.6) is 0 Å². The van der Waals surface area contributed by atoms with Gasteiger partial charge in [0.2, 0.25) is 5.91 Å². The van der Waals surface area contributed by atoms with E-state index in [1.807, 2.05) is 11.9 Å². The smallest absolute Gasteiger partial charge is 0.239 e. The molecule has 4 nitrogen and oxygen atoms in total. The van der Waals surface area contributed by atoms with E-state index in [0.29, 0.717) is 6.04 Å². The number of likely N-dealkylation sites (tertiary alicyclic amines) is 1. The quantitative estimate of drug-likeness (QED) is 0.827. The van der Waals surface area contributed by atoms with Crippen LogP contribution in [-0.4, -0.2) is 48.7 Å². The predicted molar refractivity (Wildman–Crippen MR) is 74.0 cm³/mol. The lowest BCUT2D eigenvalue weighted by atomic mass is 9.78. The Morgan fingerprint density at radius 2 is 2.05 bits per heavy atom. The minimum absolute atomic E-state index is 0.0498. The molecule has 0 bridgehead atoms. The van der Waals surface area contributed by atoms with Gasteiger partial charge in [0.05, 0.1) is 11.6 Å². The van der Waals surface area contributed by atoms with Crippen LogP contribution in [0.25, 0.3) is 0 Å². The molecule has 0 radical (unpaired) electrons. The molecule has 19 heavy (non-hydrogen) atoms. The number of carbonyl (C=O) groups excluding carboxylic acids is 1. The van der Waals surface area contributed by atoms with Gasteiger partial charge >= 0.3 is 0 Å². The monoisotopic (exact) mass is 266 g/mol. The first-order valence-electron chi connectivity index (χ1n) is 7.84. The lowest BCUT2D eigenvalue weighted by Crippen LogP contribution is -2.51. The lowest BCUT2D eigenvalue weighted by Gasteiger charge is -2.44.